The molecule has 1 fully saturated rings. The lowest BCUT2D eigenvalue weighted by molar-refractivity contribution is 0.103. The molecule has 3 aromatic rings. The summed E-state index contributed by atoms with van der Waals surface area (Å²) in [6, 6.07) is 11.9. The number of rotatable bonds is 5. The van der Waals surface area contributed by atoms with E-state index in [1.165, 1.54) is 36.5 Å². The number of sulfone groups is 2. The predicted octanol–water partition coefficient (Wildman–Crippen LogP) is 4.97. The number of hydrogen-bond acceptors (Lipinski definition) is 6. The van der Waals surface area contributed by atoms with E-state index in [1.807, 2.05) is 0 Å². The van der Waals surface area contributed by atoms with E-state index in [0.29, 0.717) is 5.02 Å². The van der Waals surface area contributed by atoms with Gasteiger partial charge in [-0.25, -0.2) is 30.6 Å². The van der Waals surface area contributed by atoms with E-state index < -0.39 is 53.6 Å². The molecule has 11 heteroatoms. The normalized spacial score (nSPS) is 23.9. The first-order valence-corrected chi connectivity index (χ1v) is 14.8. The summed E-state index contributed by atoms with van der Waals surface area (Å²) in [5.74, 6) is -3.61. The molecule has 0 radical (unpaired) electrons. The Hall–Kier alpha value is -2.56. The highest BCUT2D eigenvalue weighted by Gasteiger charge is 2.59. The molecule has 0 amide bonds. The van der Waals surface area contributed by atoms with Gasteiger partial charge in [0.15, 0.2) is 36.3 Å². The third-order valence-electron chi connectivity index (χ3n) is 7.13. The van der Waals surface area contributed by atoms with Crippen molar-refractivity contribution in [3.63, 3.8) is 0 Å². The van der Waals surface area contributed by atoms with Gasteiger partial charge in [0.05, 0.1) is 22.8 Å². The smallest absolute Gasteiger partial charge is 0.195 e. The van der Waals surface area contributed by atoms with Crippen molar-refractivity contribution in [2.75, 3.05) is 12.4 Å². The van der Waals surface area contributed by atoms with Crippen molar-refractivity contribution in [1.29, 1.82) is 0 Å². The average molecular weight is 554 g/mol. The van der Waals surface area contributed by atoms with E-state index in [-0.39, 0.29) is 47.1 Å². The first-order chi connectivity index (χ1) is 17.1. The number of nitrogens with zero attached hydrogens (tertiary/aromatic N) is 1. The van der Waals surface area contributed by atoms with Crippen LogP contribution in [0.1, 0.15) is 24.8 Å². The third-order valence-corrected chi connectivity index (χ3v) is 11.8. The molecule has 0 N–H and O–H groups in total. The van der Waals surface area contributed by atoms with Crippen LogP contribution in [-0.2, 0) is 24.4 Å². The van der Waals surface area contributed by atoms with E-state index in [1.54, 1.807) is 12.1 Å². The van der Waals surface area contributed by atoms with E-state index in [0.717, 1.165) is 12.1 Å². The Morgan fingerprint density at radius 3 is 2.42 bits per heavy atom. The van der Waals surface area contributed by atoms with Gasteiger partial charge in [0, 0.05) is 17.1 Å². The number of pyridine rings is 1. The van der Waals surface area contributed by atoms with Crippen LogP contribution >= 0.6 is 11.6 Å². The van der Waals surface area contributed by atoms with Crippen LogP contribution in [0.15, 0.2) is 70.7 Å². The SMILES string of the molecule is O=S(=O)(C[C@@H]1CC[C@@]2(S(=O)(=O)c3ccc(Cl)cc3)c3c(F)ccc(F)c3OC[C@H]2C1)c1ccccn1. The summed E-state index contributed by atoms with van der Waals surface area (Å²) in [5.41, 5.74) is -0.334. The van der Waals surface area contributed by atoms with Gasteiger partial charge in [-0.2, -0.15) is 0 Å². The Morgan fingerprint density at radius 1 is 1.00 bits per heavy atom. The minimum atomic E-state index is -4.28. The maximum atomic E-state index is 15.3. The maximum Gasteiger partial charge on any atom is 0.195 e. The van der Waals surface area contributed by atoms with E-state index in [9.17, 15) is 21.2 Å². The highest BCUT2D eigenvalue weighted by Crippen LogP contribution is 2.57. The third kappa shape index (κ3) is 3.99. The molecule has 1 aliphatic carbocycles. The van der Waals surface area contributed by atoms with Crippen molar-refractivity contribution in [3.8, 4) is 5.75 Å². The van der Waals surface area contributed by atoms with Gasteiger partial charge < -0.3 is 4.74 Å². The van der Waals surface area contributed by atoms with Crippen molar-refractivity contribution in [1.82, 2.24) is 4.98 Å². The fourth-order valence-electron chi connectivity index (χ4n) is 5.51. The second kappa shape index (κ2) is 9.08. The Bertz CT molecular complexity index is 1520. The lowest BCUT2D eigenvalue weighted by Crippen LogP contribution is -2.52. The largest absolute Gasteiger partial charge is 0.490 e. The average Bonchev–Trinajstić information content (AvgIpc) is 2.86. The second-order valence-corrected chi connectivity index (χ2v) is 13.8. The van der Waals surface area contributed by atoms with E-state index in [4.69, 9.17) is 16.3 Å². The summed E-state index contributed by atoms with van der Waals surface area (Å²) in [5, 5.41) is 0.269. The summed E-state index contributed by atoms with van der Waals surface area (Å²) in [6.45, 7) is -0.194. The molecule has 2 aromatic carbocycles. The standard InChI is InChI=1S/C25H22ClF2NO5S2/c26-18-4-6-19(7-5-18)36(32,33)25-11-10-16(15-35(30,31)22-3-1-2-12-29-22)13-17(25)14-34-24-21(28)9-8-20(27)23(24)25/h1-9,12,16-17H,10-11,13-15H2/t16-,17-,25+/m1/s1. The molecule has 6 nitrogen and oxygen atoms in total. The molecule has 0 saturated heterocycles. The maximum absolute atomic E-state index is 15.3. The van der Waals surface area contributed by atoms with Crippen LogP contribution in [0.5, 0.6) is 5.75 Å². The van der Waals surface area contributed by atoms with Crippen LogP contribution in [0, 0.1) is 23.5 Å². The van der Waals surface area contributed by atoms with Crippen LogP contribution in [0.3, 0.4) is 0 Å². The minimum absolute atomic E-state index is 0.0611. The van der Waals surface area contributed by atoms with Gasteiger partial charge in [0.1, 0.15) is 10.6 Å². The molecule has 3 atom stereocenters. The van der Waals surface area contributed by atoms with Crippen LogP contribution < -0.4 is 4.74 Å². The predicted molar refractivity (Wildman–Crippen MR) is 129 cm³/mol. The molecule has 2 aliphatic rings. The molecule has 1 aliphatic heterocycles. The second-order valence-electron chi connectivity index (χ2n) is 9.18. The Kier molecular flexibility index (Phi) is 6.33. The molecule has 36 heavy (non-hydrogen) atoms. The van der Waals surface area contributed by atoms with Gasteiger partial charge >= 0.3 is 0 Å². The summed E-state index contributed by atoms with van der Waals surface area (Å²) >= 11 is 5.96. The highest BCUT2D eigenvalue weighted by molar-refractivity contribution is 7.92. The fraction of sp³-hybridized carbons (Fsp3) is 0.320. The topological polar surface area (TPSA) is 90.4 Å². The first-order valence-electron chi connectivity index (χ1n) is 11.3. The molecule has 2 heterocycles. The number of ether oxygens (including phenoxy) is 1. The lowest BCUT2D eigenvalue weighted by Gasteiger charge is -2.49. The van der Waals surface area contributed by atoms with Crippen molar-refractivity contribution < 1.29 is 30.4 Å². The number of benzene rings is 2. The van der Waals surface area contributed by atoms with Crippen molar-refractivity contribution in [2.24, 2.45) is 11.8 Å². The molecular weight excluding hydrogens is 532 g/mol. The Balaban J connectivity index is 1.59. The molecule has 0 bridgehead atoms. The van der Waals surface area contributed by atoms with E-state index in [2.05, 4.69) is 4.98 Å². The summed E-state index contributed by atoms with van der Waals surface area (Å²) in [6.07, 6.45) is 1.60. The monoisotopic (exact) mass is 553 g/mol. The molecular formula is C25H22ClF2NO5S2. The van der Waals surface area contributed by atoms with Gasteiger partial charge in [0.25, 0.3) is 0 Å². The quantitative estimate of drug-likeness (QED) is 0.443. The Morgan fingerprint density at radius 2 is 1.72 bits per heavy atom. The number of hydrogen-bond donors (Lipinski definition) is 0. The number of aromatic nitrogens is 1. The number of halogens is 3. The van der Waals surface area contributed by atoms with Crippen LogP contribution in [0.4, 0.5) is 8.78 Å². The minimum Gasteiger partial charge on any atom is -0.490 e. The van der Waals surface area contributed by atoms with Crippen molar-refractivity contribution in [2.45, 2.75) is 33.9 Å². The fourth-order valence-corrected chi connectivity index (χ4v) is 9.60. The summed E-state index contributed by atoms with van der Waals surface area (Å²) < 4.78 is 88.1. The molecule has 5 rings (SSSR count). The summed E-state index contributed by atoms with van der Waals surface area (Å²) in [7, 11) is -8.01. The zero-order valence-electron chi connectivity index (χ0n) is 18.9. The molecule has 1 aromatic heterocycles. The zero-order chi connectivity index (χ0) is 25.7. The van der Waals surface area contributed by atoms with Gasteiger partial charge in [-0.1, -0.05) is 17.7 Å². The molecule has 0 unspecified atom stereocenters. The summed E-state index contributed by atoms with van der Waals surface area (Å²) in [4.78, 5) is 3.86. The van der Waals surface area contributed by atoms with Gasteiger partial charge in [-0.15, -0.1) is 0 Å². The first kappa shape index (κ1) is 25.1. The Labute approximate surface area is 213 Å². The van der Waals surface area contributed by atoms with Crippen LogP contribution in [0.25, 0.3) is 0 Å². The zero-order valence-corrected chi connectivity index (χ0v) is 21.3. The molecule has 0 spiro atoms. The molecule has 1 saturated carbocycles. The van der Waals surface area contributed by atoms with E-state index >= 15 is 4.39 Å². The van der Waals surface area contributed by atoms with Crippen LogP contribution in [-0.4, -0.2) is 34.2 Å². The molecule has 190 valence electrons. The highest BCUT2D eigenvalue weighted by atomic mass is 35.5. The van der Waals surface area contributed by atoms with Gasteiger partial charge in [-0.05, 0) is 73.7 Å². The lowest BCUT2D eigenvalue weighted by atomic mass is 9.69. The van der Waals surface area contributed by atoms with Gasteiger partial charge in [0.2, 0.25) is 0 Å². The van der Waals surface area contributed by atoms with Crippen molar-refractivity contribution >= 4 is 31.3 Å². The number of fused-ring (bicyclic) bond motifs is 3. The van der Waals surface area contributed by atoms with Crippen LogP contribution in [0.2, 0.25) is 5.02 Å². The van der Waals surface area contributed by atoms with Crippen molar-refractivity contribution in [3.05, 3.63) is 83.0 Å². The van der Waals surface area contributed by atoms with Gasteiger partial charge in [-0.3, -0.25) is 0 Å².